The molecule has 256 valence electrons. The molecule has 0 fully saturated rings. The van der Waals surface area contributed by atoms with Gasteiger partial charge in [0.05, 0.1) is 0 Å². The lowest BCUT2D eigenvalue weighted by Gasteiger charge is -2.11. The predicted molar refractivity (Wildman–Crippen MR) is 196 cm³/mol. The largest absolute Gasteiger partial charge is 0.489 e. The van der Waals surface area contributed by atoms with Crippen LogP contribution < -0.4 is 34.3 Å². The highest BCUT2D eigenvalue weighted by atomic mass is 16.5. The van der Waals surface area contributed by atoms with E-state index in [0.717, 1.165) is 11.1 Å². The Kier molecular flexibility index (Phi) is 11.8. The Labute approximate surface area is 296 Å². The van der Waals surface area contributed by atoms with Crippen LogP contribution in [-0.2, 0) is 22.8 Å². The van der Waals surface area contributed by atoms with Gasteiger partial charge in [-0.1, -0.05) is 60.7 Å². The summed E-state index contributed by atoms with van der Waals surface area (Å²) >= 11 is 0. The van der Waals surface area contributed by atoms with Crippen molar-refractivity contribution in [3.05, 3.63) is 169 Å². The highest BCUT2D eigenvalue weighted by Crippen LogP contribution is 2.25. The van der Waals surface area contributed by atoms with Crippen molar-refractivity contribution in [3.63, 3.8) is 0 Å². The normalized spacial score (nSPS) is 10.4. The Balaban J connectivity index is 0.876. The molecule has 0 aliphatic rings. The van der Waals surface area contributed by atoms with Crippen molar-refractivity contribution < 1.29 is 33.3 Å². The van der Waals surface area contributed by atoms with Gasteiger partial charge in [0, 0.05) is 11.4 Å². The Morgan fingerprint density at radius 3 is 1.04 bits per heavy atom. The average Bonchev–Trinajstić information content (AvgIpc) is 3.18. The van der Waals surface area contributed by atoms with Gasteiger partial charge in [0.15, 0.2) is 13.2 Å². The summed E-state index contributed by atoms with van der Waals surface area (Å²) < 4.78 is 28.7. The van der Waals surface area contributed by atoms with E-state index in [1.807, 2.05) is 60.7 Å². The van der Waals surface area contributed by atoms with Crippen molar-refractivity contribution >= 4 is 23.2 Å². The van der Waals surface area contributed by atoms with E-state index < -0.39 is 0 Å². The molecule has 0 aliphatic carbocycles. The fourth-order valence-electron chi connectivity index (χ4n) is 4.79. The summed E-state index contributed by atoms with van der Waals surface area (Å²) in [5.74, 6) is 3.13. The zero-order valence-corrected chi connectivity index (χ0v) is 27.7. The molecule has 0 aliphatic heterocycles. The molecule has 0 bridgehead atoms. The van der Waals surface area contributed by atoms with Crippen LogP contribution in [0, 0.1) is 0 Å². The van der Waals surface area contributed by atoms with Crippen molar-refractivity contribution in [2.24, 2.45) is 0 Å². The molecule has 0 heterocycles. The molecule has 0 saturated carbocycles. The van der Waals surface area contributed by atoms with Gasteiger partial charge in [-0.25, -0.2) is 0 Å². The summed E-state index contributed by atoms with van der Waals surface area (Å²) in [6, 6.07) is 48.1. The first-order chi connectivity index (χ1) is 25.0. The standard InChI is InChI=1S/C42H36N2O7/c45-41(29-49-37-23-19-35(20-24-37)47-27-31-7-3-1-4-8-31)43-33-11-15-39(16-12-33)51-40-17-13-34(14-18-40)44-42(46)30-50-38-25-21-36(22-26-38)48-28-32-9-5-2-6-10-32/h1-26H,27-30H2,(H,43,45)(H,44,46). The molecule has 0 atom stereocenters. The van der Waals surface area contributed by atoms with Crippen LogP contribution in [0.2, 0.25) is 0 Å². The minimum absolute atomic E-state index is 0.143. The van der Waals surface area contributed by atoms with E-state index >= 15 is 0 Å². The van der Waals surface area contributed by atoms with Gasteiger partial charge in [-0.2, -0.15) is 0 Å². The first kappa shape index (κ1) is 34.1. The van der Waals surface area contributed by atoms with Gasteiger partial charge in [0.2, 0.25) is 0 Å². The molecule has 0 radical (unpaired) electrons. The van der Waals surface area contributed by atoms with Crippen LogP contribution in [0.1, 0.15) is 11.1 Å². The van der Waals surface area contributed by atoms with E-state index in [0.29, 0.717) is 59.1 Å². The molecule has 9 nitrogen and oxygen atoms in total. The number of anilines is 2. The monoisotopic (exact) mass is 680 g/mol. The summed E-state index contributed by atoms with van der Waals surface area (Å²) in [4.78, 5) is 24.9. The number of ether oxygens (including phenoxy) is 5. The Morgan fingerprint density at radius 1 is 0.373 bits per heavy atom. The fraction of sp³-hybridized carbons (Fsp3) is 0.0952. The van der Waals surface area contributed by atoms with Crippen LogP contribution in [0.5, 0.6) is 34.5 Å². The lowest BCUT2D eigenvalue weighted by Crippen LogP contribution is -2.20. The summed E-state index contributed by atoms with van der Waals surface area (Å²) in [6.07, 6.45) is 0. The van der Waals surface area contributed by atoms with Gasteiger partial charge in [-0.15, -0.1) is 0 Å². The van der Waals surface area contributed by atoms with Crippen LogP contribution in [0.4, 0.5) is 11.4 Å². The van der Waals surface area contributed by atoms with Crippen molar-refractivity contribution in [1.29, 1.82) is 0 Å². The lowest BCUT2D eigenvalue weighted by molar-refractivity contribution is -0.118. The zero-order valence-electron chi connectivity index (χ0n) is 27.7. The number of amides is 2. The predicted octanol–water partition coefficient (Wildman–Crippen LogP) is 8.67. The first-order valence-corrected chi connectivity index (χ1v) is 16.3. The molecule has 6 rings (SSSR count). The second kappa shape index (κ2) is 17.6. The number of carbonyl (C=O) groups is 2. The number of rotatable bonds is 16. The number of hydrogen-bond donors (Lipinski definition) is 2. The van der Waals surface area contributed by atoms with Crippen molar-refractivity contribution in [2.75, 3.05) is 23.8 Å². The van der Waals surface area contributed by atoms with Gasteiger partial charge in [0.1, 0.15) is 47.7 Å². The van der Waals surface area contributed by atoms with E-state index in [-0.39, 0.29) is 25.0 Å². The third-order valence-corrected chi connectivity index (χ3v) is 7.40. The Morgan fingerprint density at radius 2 is 0.686 bits per heavy atom. The minimum Gasteiger partial charge on any atom is -0.489 e. The SMILES string of the molecule is O=C(COc1ccc(OCc2ccccc2)cc1)Nc1ccc(Oc2ccc(NC(=O)COc3ccc(OCc4ccccc4)cc3)cc2)cc1. The maximum Gasteiger partial charge on any atom is 0.262 e. The average molecular weight is 681 g/mol. The van der Waals surface area contributed by atoms with Crippen LogP contribution >= 0.6 is 0 Å². The molecule has 51 heavy (non-hydrogen) atoms. The van der Waals surface area contributed by atoms with E-state index in [2.05, 4.69) is 10.6 Å². The molecular formula is C42H36N2O7. The van der Waals surface area contributed by atoms with Gasteiger partial charge in [-0.3, -0.25) is 9.59 Å². The molecule has 9 heteroatoms. The highest BCUT2D eigenvalue weighted by molar-refractivity contribution is 5.92. The molecular weight excluding hydrogens is 644 g/mol. The third-order valence-electron chi connectivity index (χ3n) is 7.40. The molecule has 6 aromatic carbocycles. The molecule has 0 unspecified atom stereocenters. The smallest absolute Gasteiger partial charge is 0.262 e. The van der Waals surface area contributed by atoms with Crippen LogP contribution in [0.15, 0.2) is 158 Å². The maximum atomic E-state index is 12.5. The topological polar surface area (TPSA) is 104 Å². The van der Waals surface area contributed by atoms with Gasteiger partial charge >= 0.3 is 0 Å². The molecule has 2 amide bonds. The number of nitrogens with one attached hydrogen (secondary N) is 2. The highest BCUT2D eigenvalue weighted by Gasteiger charge is 2.08. The van der Waals surface area contributed by atoms with Crippen LogP contribution in [-0.4, -0.2) is 25.0 Å². The summed E-state index contributed by atoms with van der Waals surface area (Å²) in [6.45, 7) is 0.659. The Hall–Kier alpha value is -6.74. The van der Waals surface area contributed by atoms with Crippen LogP contribution in [0.3, 0.4) is 0 Å². The maximum absolute atomic E-state index is 12.5. The number of hydrogen-bond acceptors (Lipinski definition) is 7. The van der Waals surface area contributed by atoms with Crippen molar-refractivity contribution in [1.82, 2.24) is 0 Å². The molecule has 0 saturated heterocycles. The first-order valence-electron chi connectivity index (χ1n) is 16.3. The molecule has 6 aromatic rings. The second-order valence-electron chi connectivity index (χ2n) is 11.3. The van der Waals surface area contributed by atoms with E-state index in [1.165, 1.54) is 0 Å². The summed E-state index contributed by atoms with van der Waals surface area (Å²) in [5.41, 5.74) is 3.37. The van der Waals surface area contributed by atoms with Crippen molar-refractivity contribution in [2.45, 2.75) is 13.2 Å². The summed E-state index contributed by atoms with van der Waals surface area (Å²) in [7, 11) is 0. The van der Waals surface area contributed by atoms with Gasteiger partial charge < -0.3 is 34.3 Å². The van der Waals surface area contributed by atoms with E-state index in [9.17, 15) is 9.59 Å². The van der Waals surface area contributed by atoms with Gasteiger partial charge in [-0.05, 0) is 108 Å². The third kappa shape index (κ3) is 11.2. The van der Waals surface area contributed by atoms with E-state index in [1.54, 1.807) is 97.1 Å². The molecule has 0 spiro atoms. The molecule has 2 N–H and O–H groups in total. The minimum atomic E-state index is -0.293. The second-order valence-corrected chi connectivity index (χ2v) is 11.3. The van der Waals surface area contributed by atoms with E-state index in [4.69, 9.17) is 23.7 Å². The Bertz CT molecular complexity index is 1820. The lowest BCUT2D eigenvalue weighted by atomic mass is 10.2. The summed E-state index contributed by atoms with van der Waals surface area (Å²) in [5, 5.41) is 5.62. The number of benzene rings is 6. The van der Waals surface area contributed by atoms with Crippen molar-refractivity contribution in [3.8, 4) is 34.5 Å². The van der Waals surface area contributed by atoms with Crippen LogP contribution in [0.25, 0.3) is 0 Å². The van der Waals surface area contributed by atoms with Gasteiger partial charge in [0.25, 0.3) is 11.8 Å². The quantitative estimate of drug-likeness (QED) is 0.105. The number of carbonyl (C=O) groups excluding carboxylic acids is 2. The molecule has 0 aromatic heterocycles. The fourth-order valence-corrected chi connectivity index (χ4v) is 4.79. The zero-order chi connectivity index (χ0) is 35.1.